The van der Waals surface area contributed by atoms with Gasteiger partial charge in [0.15, 0.2) is 0 Å². The maximum Gasteiger partial charge on any atom is 0.412 e. The highest BCUT2D eigenvalue weighted by Crippen LogP contribution is 2.20. The number of hydrogen-bond acceptors (Lipinski definition) is 6. The zero-order valence-electron chi connectivity index (χ0n) is 19.3. The molecule has 2 amide bonds. The molecule has 8 nitrogen and oxygen atoms in total. The van der Waals surface area contributed by atoms with E-state index in [-0.39, 0.29) is 30.5 Å². The van der Waals surface area contributed by atoms with Crippen molar-refractivity contribution in [2.45, 2.75) is 25.9 Å². The van der Waals surface area contributed by atoms with Crippen molar-refractivity contribution in [1.29, 1.82) is 0 Å². The minimum atomic E-state index is -2.61. The summed E-state index contributed by atoms with van der Waals surface area (Å²) in [7, 11) is 0. The van der Waals surface area contributed by atoms with Crippen molar-refractivity contribution < 1.29 is 27.5 Å². The number of nitrogens with zero attached hydrogens (tertiary/aromatic N) is 2. The number of hydrogen-bond donors (Lipinski definition) is 3. The zero-order valence-corrected chi connectivity index (χ0v) is 20.1. The molecule has 2 aromatic carbocycles. The summed E-state index contributed by atoms with van der Waals surface area (Å²) in [5.74, 6) is -0.845. The second kappa shape index (κ2) is 13.1. The van der Waals surface area contributed by atoms with E-state index in [1.54, 1.807) is 18.3 Å². The molecule has 3 rings (SSSR count). The third-order valence-corrected chi connectivity index (χ3v) is 5.55. The first-order valence-electron chi connectivity index (χ1n) is 11.0. The average Bonchev–Trinajstić information content (AvgIpc) is 2.84. The number of nitrogens with one attached hydrogen (secondary N) is 3. The minimum Gasteiger partial charge on any atom is -0.447 e. The molecule has 1 heterocycles. The fourth-order valence-corrected chi connectivity index (χ4v) is 3.59. The number of anilines is 1. The molecule has 0 radical (unpaired) electrons. The highest BCUT2D eigenvalue weighted by molar-refractivity contribution is 6.31. The smallest absolute Gasteiger partial charge is 0.412 e. The SMILES string of the molecule is CC(=O)N(NCc1cccc(F)c1Cl)[C@@H](CNCC(F)F)COC(=O)Nc1cc2ccccc2cn1. The molecule has 0 aliphatic carbocycles. The fourth-order valence-electron chi connectivity index (χ4n) is 3.40. The van der Waals surface area contributed by atoms with E-state index >= 15 is 0 Å². The van der Waals surface area contributed by atoms with E-state index in [1.165, 1.54) is 19.1 Å². The van der Waals surface area contributed by atoms with Crippen LogP contribution in [0.1, 0.15) is 12.5 Å². The Morgan fingerprint density at radius 2 is 1.86 bits per heavy atom. The van der Waals surface area contributed by atoms with Crippen molar-refractivity contribution in [2.24, 2.45) is 0 Å². The molecule has 0 aliphatic rings. The number of hydrazine groups is 1. The number of aromatic nitrogens is 1. The first-order chi connectivity index (χ1) is 17.2. The Balaban J connectivity index is 1.66. The number of benzene rings is 2. The van der Waals surface area contributed by atoms with Crippen LogP contribution in [0.4, 0.5) is 23.8 Å². The largest absolute Gasteiger partial charge is 0.447 e. The Labute approximate surface area is 210 Å². The van der Waals surface area contributed by atoms with E-state index in [9.17, 15) is 22.8 Å². The molecule has 36 heavy (non-hydrogen) atoms. The van der Waals surface area contributed by atoms with Crippen molar-refractivity contribution in [3.05, 3.63) is 71.1 Å². The van der Waals surface area contributed by atoms with Crippen molar-refractivity contribution >= 4 is 40.2 Å². The molecule has 1 aromatic heterocycles. The summed E-state index contributed by atoms with van der Waals surface area (Å²) in [6.07, 6.45) is -1.85. The van der Waals surface area contributed by atoms with Crippen LogP contribution in [0.3, 0.4) is 0 Å². The Morgan fingerprint density at radius 1 is 1.11 bits per heavy atom. The standard InChI is InChI=1S/C24H25ClF3N5O3/c1-15(34)33(31-11-18-7-4-8-20(26)23(18)25)19(12-29-13-21(27)28)14-36-24(35)32-22-9-16-5-2-3-6-17(16)10-30-22/h2-10,19,21,29,31H,11-14H2,1H3,(H,30,32,35)/t19-/m0/s1. The predicted octanol–water partition coefficient (Wildman–Crippen LogP) is 4.35. The highest BCUT2D eigenvalue weighted by Gasteiger charge is 2.24. The van der Waals surface area contributed by atoms with Gasteiger partial charge in [-0.15, -0.1) is 0 Å². The lowest BCUT2D eigenvalue weighted by Crippen LogP contribution is -2.54. The quantitative estimate of drug-likeness (QED) is 0.323. The number of halogens is 4. The van der Waals surface area contributed by atoms with Gasteiger partial charge in [0.2, 0.25) is 5.91 Å². The van der Waals surface area contributed by atoms with Crippen LogP contribution in [0.15, 0.2) is 54.7 Å². The normalized spacial score (nSPS) is 11.9. The molecule has 0 spiro atoms. The van der Waals surface area contributed by atoms with Crippen LogP contribution in [0, 0.1) is 5.82 Å². The lowest BCUT2D eigenvalue weighted by Gasteiger charge is -2.31. The van der Waals surface area contributed by atoms with Crippen LogP contribution < -0.4 is 16.1 Å². The van der Waals surface area contributed by atoms with E-state index in [2.05, 4.69) is 21.0 Å². The lowest BCUT2D eigenvalue weighted by molar-refractivity contribution is -0.136. The Hall–Kier alpha value is -3.41. The average molecular weight is 524 g/mol. The Kier molecular flexibility index (Phi) is 9.86. The van der Waals surface area contributed by atoms with E-state index in [0.29, 0.717) is 5.56 Å². The van der Waals surface area contributed by atoms with Crippen LogP contribution in [-0.4, -0.2) is 54.2 Å². The van der Waals surface area contributed by atoms with E-state index in [1.807, 2.05) is 24.3 Å². The van der Waals surface area contributed by atoms with Gasteiger partial charge in [-0.2, -0.15) is 0 Å². The number of carbonyl (C=O) groups excluding carboxylic acids is 2. The third-order valence-electron chi connectivity index (χ3n) is 5.12. The van der Waals surface area contributed by atoms with Gasteiger partial charge in [-0.25, -0.2) is 28.4 Å². The number of fused-ring (bicyclic) bond motifs is 1. The molecule has 1 atom stereocenters. The zero-order chi connectivity index (χ0) is 26.1. The van der Waals surface area contributed by atoms with Gasteiger partial charge in [-0.05, 0) is 23.1 Å². The van der Waals surface area contributed by atoms with Gasteiger partial charge in [-0.1, -0.05) is 48.0 Å². The lowest BCUT2D eigenvalue weighted by atomic mass is 10.2. The number of rotatable bonds is 11. The molecule has 0 fully saturated rings. The van der Waals surface area contributed by atoms with Crippen LogP contribution in [0.25, 0.3) is 10.8 Å². The monoisotopic (exact) mass is 523 g/mol. The number of carbonyl (C=O) groups is 2. The molecule has 0 saturated carbocycles. The molecule has 12 heteroatoms. The summed E-state index contributed by atoms with van der Waals surface area (Å²) in [4.78, 5) is 28.9. The maximum atomic E-state index is 13.7. The van der Waals surface area contributed by atoms with Crippen molar-refractivity contribution in [3.8, 4) is 0 Å². The summed E-state index contributed by atoms with van der Waals surface area (Å²) in [5, 5.41) is 7.81. The molecule has 3 aromatic rings. The molecular formula is C24H25ClF3N5O3. The van der Waals surface area contributed by atoms with Gasteiger partial charge in [0, 0.05) is 31.6 Å². The maximum absolute atomic E-state index is 13.7. The van der Waals surface area contributed by atoms with Crippen molar-refractivity contribution in [2.75, 3.05) is 25.0 Å². The van der Waals surface area contributed by atoms with E-state index < -0.39 is 36.8 Å². The van der Waals surface area contributed by atoms with Crippen LogP contribution >= 0.6 is 11.6 Å². The Bertz CT molecular complexity index is 1200. The van der Waals surface area contributed by atoms with Gasteiger partial charge in [-0.3, -0.25) is 15.1 Å². The molecule has 0 saturated heterocycles. The van der Waals surface area contributed by atoms with E-state index in [4.69, 9.17) is 16.3 Å². The number of ether oxygens (including phenoxy) is 1. The first-order valence-corrected chi connectivity index (χ1v) is 11.4. The molecular weight excluding hydrogens is 499 g/mol. The fraction of sp³-hybridized carbons (Fsp3) is 0.292. The van der Waals surface area contributed by atoms with Gasteiger partial charge < -0.3 is 10.1 Å². The van der Waals surface area contributed by atoms with Crippen LogP contribution in [0.2, 0.25) is 5.02 Å². The predicted molar refractivity (Wildman–Crippen MR) is 130 cm³/mol. The molecule has 0 unspecified atom stereocenters. The summed E-state index contributed by atoms with van der Waals surface area (Å²) >= 11 is 5.97. The van der Waals surface area contributed by atoms with Crippen molar-refractivity contribution in [1.82, 2.24) is 20.7 Å². The van der Waals surface area contributed by atoms with Gasteiger partial charge in [0.05, 0.1) is 17.6 Å². The second-order valence-corrected chi connectivity index (χ2v) is 8.16. The van der Waals surface area contributed by atoms with Gasteiger partial charge in [0.25, 0.3) is 6.43 Å². The highest BCUT2D eigenvalue weighted by atomic mass is 35.5. The van der Waals surface area contributed by atoms with E-state index in [0.717, 1.165) is 15.8 Å². The summed E-state index contributed by atoms with van der Waals surface area (Å²) < 4.78 is 44.3. The van der Waals surface area contributed by atoms with Crippen LogP contribution in [-0.2, 0) is 16.1 Å². The molecule has 0 bridgehead atoms. The minimum absolute atomic E-state index is 0.0330. The second-order valence-electron chi connectivity index (χ2n) is 7.78. The third kappa shape index (κ3) is 7.80. The first kappa shape index (κ1) is 27.2. The summed E-state index contributed by atoms with van der Waals surface area (Å²) in [6, 6.07) is 12.5. The Morgan fingerprint density at radius 3 is 2.58 bits per heavy atom. The molecule has 3 N–H and O–H groups in total. The van der Waals surface area contributed by atoms with Crippen molar-refractivity contribution in [3.63, 3.8) is 0 Å². The van der Waals surface area contributed by atoms with Gasteiger partial charge in [0.1, 0.15) is 18.2 Å². The number of pyridine rings is 1. The summed E-state index contributed by atoms with van der Waals surface area (Å²) in [5.41, 5.74) is 3.19. The van der Waals surface area contributed by atoms with Gasteiger partial charge >= 0.3 is 6.09 Å². The van der Waals surface area contributed by atoms with Crippen LogP contribution in [0.5, 0.6) is 0 Å². The number of alkyl halides is 2. The summed E-state index contributed by atoms with van der Waals surface area (Å²) in [6.45, 7) is 0.147. The number of amides is 2. The molecule has 192 valence electrons. The molecule has 0 aliphatic heterocycles. The topological polar surface area (TPSA) is 95.6 Å².